The molecular formula is C24H20N2O4. The summed E-state index contributed by atoms with van der Waals surface area (Å²) in [5.74, 6) is 0.618. The number of hydrogen-bond donors (Lipinski definition) is 1. The molecule has 0 unspecified atom stereocenters. The Hall–Kier alpha value is -3.93. The molecule has 4 aromatic rings. The van der Waals surface area contributed by atoms with Crippen molar-refractivity contribution in [3.63, 3.8) is 0 Å². The van der Waals surface area contributed by atoms with Crippen molar-refractivity contribution in [3.05, 3.63) is 88.3 Å². The van der Waals surface area contributed by atoms with Crippen LogP contribution in [0.5, 0.6) is 5.75 Å². The molecule has 0 saturated carbocycles. The fourth-order valence-corrected chi connectivity index (χ4v) is 3.23. The normalized spacial score (nSPS) is 10.7. The molecule has 3 aromatic carbocycles. The summed E-state index contributed by atoms with van der Waals surface area (Å²) in [7, 11) is 0. The maximum Gasteiger partial charge on any atom is 0.347 e. The van der Waals surface area contributed by atoms with Crippen molar-refractivity contribution in [1.29, 1.82) is 0 Å². The van der Waals surface area contributed by atoms with E-state index in [9.17, 15) is 9.59 Å². The number of carbonyl (C=O) groups is 1. The standard InChI is InChI=1S/C24H20N2O4/c1-15-7-5-8-16(2)22(15)29-14-21(27)25-18-10-6-9-17(13-18)23-26-20-12-4-3-11-19(20)24(28)30-23/h3-13H,14H2,1-2H3,(H,25,27). The van der Waals surface area contributed by atoms with Crippen LogP contribution in [0.2, 0.25) is 0 Å². The number of benzene rings is 3. The Balaban J connectivity index is 1.51. The third kappa shape index (κ3) is 4.07. The van der Waals surface area contributed by atoms with E-state index in [4.69, 9.17) is 9.15 Å². The number of ether oxygens (including phenoxy) is 1. The minimum atomic E-state index is -0.452. The van der Waals surface area contributed by atoms with Gasteiger partial charge in [0.1, 0.15) is 5.75 Å². The predicted molar refractivity (Wildman–Crippen MR) is 116 cm³/mol. The number of rotatable bonds is 5. The lowest BCUT2D eigenvalue weighted by Gasteiger charge is -2.12. The van der Waals surface area contributed by atoms with Crippen LogP contribution in [0, 0.1) is 13.8 Å². The molecule has 0 atom stereocenters. The minimum absolute atomic E-state index is 0.112. The number of amides is 1. The van der Waals surface area contributed by atoms with Crippen molar-refractivity contribution >= 4 is 22.5 Å². The molecule has 1 amide bonds. The maximum atomic E-state index is 12.4. The molecule has 0 spiro atoms. The Morgan fingerprint density at radius 1 is 1.00 bits per heavy atom. The van der Waals surface area contributed by atoms with E-state index in [1.54, 1.807) is 42.5 Å². The first-order valence-corrected chi connectivity index (χ1v) is 9.50. The molecule has 0 fully saturated rings. The molecule has 6 nitrogen and oxygen atoms in total. The van der Waals surface area contributed by atoms with Gasteiger partial charge in [-0.3, -0.25) is 4.79 Å². The molecule has 30 heavy (non-hydrogen) atoms. The number of nitrogens with zero attached hydrogens (tertiary/aromatic N) is 1. The summed E-state index contributed by atoms with van der Waals surface area (Å²) in [6.45, 7) is 3.77. The molecule has 1 heterocycles. The van der Waals surface area contributed by atoms with Crippen molar-refractivity contribution in [2.24, 2.45) is 0 Å². The monoisotopic (exact) mass is 400 g/mol. The van der Waals surface area contributed by atoms with E-state index in [0.717, 1.165) is 11.1 Å². The maximum absolute atomic E-state index is 12.4. The molecule has 4 rings (SSSR count). The number of aromatic nitrogens is 1. The van der Waals surface area contributed by atoms with Crippen molar-refractivity contribution in [1.82, 2.24) is 4.98 Å². The van der Waals surface area contributed by atoms with Crippen LogP contribution in [0.1, 0.15) is 11.1 Å². The predicted octanol–water partition coefficient (Wildman–Crippen LogP) is 4.49. The van der Waals surface area contributed by atoms with Gasteiger partial charge >= 0.3 is 5.63 Å². The quantitative estimate of drug-likeness (QED) is 0.534. The molecule has 0 saturated heterocycles. The number of nitrogens with one attached hydrogen (secondary N) is 1. The Morgan fingerprint density at radius 2 is 1.73 bits per heavy atom. The lowest BCUT2D eigenvalue weighted by molar-refractivity contribution is -0.118. The van der Waals surface area contributed by atoms with Crippen LogP contribution in [-0.4, -0.2) is 17.5 Å². The zero-order valence-electron chi connectivity index (χ0n) is 16.6. The Kier molecular flexibility index (Phi) is 5.30. The smallest absolute Gasteiger partial charge is 0.347 e. The largest absolute Gasteiger partial charge is 0.483 e. The highest BCUT2D eigenvalue weighted by atomic mass is 16.5. The van der Waals surface area contributed by atoms with Gasteiger partial charge in [-0.25, -0.2) is 9.78 Å². The highest BCUT2D eigenvalue weighted by Crippen LogP contribution is 2.23. The van der Waals surface area contributed by atoms with E-state index in [1.807, 2.05) is 38.1 Å². The van der Waals surface area contributed by atoms with Gasteiger partial charge in [0.25, 0.3) is 5.91 Å². The van der Waals surface area contributed by atoms with Gasteiger partial charge in [0, 0.05) is 11.3 Å². The number of fused-ring (bicyclic) bond motifs is 1. The lowest BCUT2D eigenvalue weighted by Crippen LogP contribution is -2.20. The third-order valence-electron chi connectivity index (χ3n) is 4.68. The topological polar surface area (TPSA) is 81.4 Å². The van der Waals surface area contributed by atoms with Gasteiger partial charge in [-0.1, -0.05) is 36.4 Å². The summed E-state index contributed by atoms with van der Waals surface area (Å²) in [5, 5.41) is 3.23. The number of hydrogen-bond acceptors (Lipinski definition) is 5. The second-order valence-electron chi connectivity index (χ2n) is 6.96. The average molecular weight is 400 g/mol. The molecule has 0 aliphatic carbocycles. The molecule has 0 radical (unpaired) electrons. The van der Waals surface area contributed by atoms with E-state index in [0.29, 0.717) is 27.9 Å². The number of carbonyl (C=O) groups excluding carboxylic acids is 1. The Bertz CT molecular complexity index is 1270. The summed E-state index contributed by atoms with van der Waals surface area (Å²) in [6, 6.07) is 19.8. The lowest BCUT2D eigenvalue weighted by atomic mass is 10.1. The van der Waals surface area contributed by atoms with Gasteiger partial charge in [0.15, 0.2) is 6.61 Å². The van der Waals surface area contributed by atoms with Crippen molar-refractivity contribution in [2.75, 3.05) is 11.9 Å². The second-order valence-corrected chi connectivity index (χ2v) is 6.96. The average Bonchev–Trinajstić information content (AvgIpc) is 2.73. The number of anilines is 1. The van der Waals surface area contributed by atoms with Crippen molar-refractivity contribution < 1.29 is 13.9 Å². The van der Waals surface area contributed by atoms with Gasteiger partial charge in [-0.15, -0.1) is 0 Å². The van der Waals surface area contributed by atoms with E-state index in [1.165, 1.54) is 0 Å². The van der Waals surface area contributed by atoms with Crippen LogP contribution >= 0.6 is 0 Å². The molecule has 6 heteroatoms. The molecule has 150 valence electrons. The summed E-state index contributed by atoms with van der Waals surface area (Å²) in [4.78, 5) is 29.0. The van der Waals surface area contributed by atoms with Crippen LogP contribution in [0.15, 0.2) is 75.9 Å². The summed E-state index contributed by atoms with van der Waals surface area (Å²) >= 11 is 0. The van der Waals surface area contributed by atoms with E-state index in [2.05, 4.69) is 10.3 Å². The van der Waals surface area contributed by atoms with Crippen LogP contribution in [0.25, 0.3) is 22.4 Å². The van der Waals surface area contributed by atoms with Gasteiger partial charge in [0.05, 0.1) is 10.9 Å². The minimum Gasteiger partial charge on any atom is -0.483 e. The van der Waals surface area contributed by atoms with E-state index >= 15 is 0 Å². The molecule has 1 N–H and O–H groups in total. The molecular weight excluding hydrogens is 380 g/mol. The number of para-hydroxylation sites is 2. The molecule has 0 aliphatic rings. The van der Waals surface area contributed by atoms with Gasteiger partial charge in [-0.05, 0) is 55.3 Å². The third-order valence-corrected chi connectivity index (χ3v) is 4.68. The fourth-order valence-electron chi connectivity index (χ4n) is 3.23. The first kappa shape index (κ1) is 19.4. The van der Waals surface area contributed by atoms with Crippen LogP contribution < -0.4 is 15.7 Å². The van der Waals surface area contributed by atoms with Gasteiger partial charge in [-0.2, -0.15) is 0 Å². The Labute approximate surface area is 173 Å². The Morgan fingerprint density at radius 3 is 2.53 bits per heavy atom. The van der Waals surface area contributed by atoms with E-state index in [-0.39, 0.29) is 18.4 Å². The highest BCUT2D eigenvalue weighted by Gasteiger charge is 2.11. The molecule has 0 bridgehead atoms. The second kappa shape index (κ2) is 8.21. The zero-order valence-corrected chi connectivity index (χ0v) is 16.6. The van der Waals surface area contributed by atoms with Crippen molar-refractivity contribution in [3.8, 4) is 17.2 Å². The first-order chi connectivity index (χ1) is 14.5. The zero-order chi connectivity index (χ0) is 21.1. The fraction of sp³-hybridized carbons (Fsp3) is 0.125. The molecule has 0 aliphatic heterocycles. The van der Waals surface area contributed by atoms with E-state index < -0.39 is 5.63 Å². The number of aryl methyl sites for hydroxylation is 2. The van der Waals surface area contributed by atoms with Gasteiger partial charge < -0.3 is 14.5 Å². The summed E-state index contributed by atoms with van der Waals surface area (Å²) < 4.78 is 11.1. The summed E-state index contributed by atoms with van der Waals surface area (Å²) in [6.07, 6.45) is 0. The van der Waals surface area contributed by atoms with Crippen molar-refractivity contribution in [2.45, 2.75) is 13.8 Å². The van der Waals surface area contributed by atoms with Gasteiger partial charge in [0.2, 0.25) is 5.89 Å². The van der Waals surface area contributed by atoms with Crippen LogP contribution in [-0.2, 0) is 4.79 Å². The highest BCUT2D eigenvalue weighted by molar-refractivity contribution is 5.92. The summed E-state index contributed by atoms with van der Waals surface area (Å²) in [5.41, 5.74) is 3.20. The SMILES string of the molecule is Cc1cccc(C)c1OCC(=O)Nc1cccc(-c2nc3ccccc3c(=O)o2)c1. The first-order valence-electron chi connectivity index (χ1n) is 9.50. The van der Waals surface area contributed by atoms with Crippen LogP contribution in [0.3, 0.4) is 0 Å². The van der Waals surface area contributed by atoms with Crippen LogP contribution in [0.4, 0.5) is 5.69 Å². The molecule has 1 aromatic heterocycles.